The highest BCUT2D eigenvalue weighted by molar-refractivity contribution is 5.95. The zero-order valence-electron chi connectivity index (χ0n) is 24.1. The third-order valence-electron chi connectivity index (χ3n) is 7.87. The molecular formula is C32H34FN7O3. The molecule has 222 valence electrons. The quantitative estimate of drug-likeness (QED) is 0.233. The van der Waals surface area contributed by atoms with Crippen molar-refractivity contribution >= 4 is 39.8 Å². The molecule has 0 unspecified atom stereocenters. The normalized spacial score (nSPS) is 15.4. The van der Waals surface area contributed by atoms with Crippen LogP contribution in [0.5, 0.6) is 17.2 Å². The Morgan fingerprint density at radius 2 is 1.79 bits per heavy atom. The molecule has 2 aromatic heterocycles. The van der Waals surface area contributed by atoms with Crippen LogP contribution in [0.1, 0.15) is 25.7 Å². The Morgan fingerprint density at radius 3 is 2.53 bits per heavy atom. The number of anilines is 4. The standard InChI is InChI=1S/C32H34FN7O3/c1-3-31(41)40-14-9-21(10-15-40)37-28-18-24-27(19-29(28)42-2)35-20-36-32(24)38-26-7-6-22(16-25(26)33)43-23-8-11-34-30(17-23)39-12-4-5-13-39/h3,6-8,11,16-21,37H,1,4-5,9-10,12-15H2,2H3,(H,35,36,38). The van der Waals surface area contributed by atoms with Gasteiger partial charge < -0.3 is 29.9 Å². The second-order valence-electron chi connectivity index (χ2n) is 10.7. The minimum absolute atomic E-state index is 0.0505. The maximum Gasteiger partial charge on any atom is 0.245 e. The van der Waals surface area contributed by atoms with Crippen molar-refractivity contribution in [3.05, 3.63) is 73.5 Å². The van der Waals surface area contributed by atoms with Gasteiger partial charge in [-0.1, -0.05) is 6.58 Å². The Balaban J connectivity index is 1.19. The molecule has 0 bridgehead atoms. The highest BCUT2D eigenvalue weighted by atomic mass is 19.1. The highest BCUT2D eigenvalue weighted by Crippen LogP contribution is 2.35. The van der Waals surface area contributed by atoms with Gasteiger partial charge in [-0.15, -0.1) is 0 Å². The van der Waals surface area contributed by atoms with Crippen molar-refractivity contribution < 1.29 is 18.7 Å². The number of piperidine rings is 1. The van der Waals surface area contributed by atoms with Crippen molar-refractivity contribution in [2.75, 3.05) is 48.8 Å². The van der Waals surface area contributed by atoms with Gasteiger partial charge in [0.1, 0.15) is 41.0 Å². The van der Waals surface area contributed by atoms with E-state index in [9.17, 15) is 4.79 Å². The molecule has 4 heterocycles. The van der Waals surface area contributed by atoms with E-state index >= 15 is 4.39 Å². The number of hydrogen-bond donors (Lipinski definition) is 2. The first-order valence-electron chi connectivity index (χ1n) is 14.5. The van der Waals surface area contributed by atoms with E-state index in [1.807, 2.05) is 18.2 Å². The van der Waals surface area contributed by atoms with Gasteiger partial charge in [-0.25, -0.2) is 19.3 Å². The fourth-order valence-corrected chi connectivity index (χ4v) is 5.57. The van der Waals surface area contributed by atoms with E-state index in [0.29, 0.717) is 47.1 Å². The van der Waals surface area contributed by atoms with E-state index in [0.717, 1.165) is 50.3 Å². The number of rotatable bonds is 9. The average molecular weight is 584 g/mol. The lowest BCUT2D eigenvalue weighted by Gasteiger charge is -2.32. The maximum atomic E-state index is 15.3. The van der Waals surface area contributed by atoms with Gasteiger partial charge in [0.05, 0.1) is 24.0 Å². The van der Waals surface area contributed by atoms with Crippen LogP contribution in [-0.4, -0.2) is 65.1 Å². The van der Waals surface area contributed by atoms with Crippen LogP contribution in [0.15, 0.2) is 67.6 Å². The molecule has 2 aliphatic rings. The molecule has 4 aromatic rings. The number of fused-ring (bicyclic) bond motifs is 1. The minimum atomic E-state index is -0.481. The number of carbonyl (C=O) groups excluding carboxylic acids is 1. The maximum absolute atomic E-state index is 15.3. The van der Waals surface area contributed by atoms with Gasteiger partial charge in [0.25, 0.3) is 0 Å². The van der Waals surface area contributed by atoms with E-state index in [1.54, 1.807) is 36.4 Å². The number of methoxy groups -OCH3 is 1. The van der Waals surface area contributed by atoms with Crippen LogP contribution in [0.25, 0.3) is 10.9 Å². The lowest BCUT2D eigenvalue weighted by molar-refractivity contribution is -0.126. The fraction of sp³-hybridized carbons (Fsp3) is 0.312. The van der Waals surface area contributed by atoms with Crippen molar-refractivity contribution in [2.24, 2.45) is 0 Å². The van der Waals surface area contributed by atoms with Crippen LogP contribution in [-0.2, 0) is 4.79 Å². The molecule has 2 aromatic carbocycles. The number of carbonyl (C=O) groups is 1. The predicted octanol–water partition coefficient (Wildman–Crippen LogP) is 5.90. The average Bonchev–Trinajstić information content (AvgIpc) is 3.58. The first kappa shape index (κ1) is 28.2. The molecule has 2 saturated heterocycles. The molecule has 0 atom stereocenters. The van der Waals surface area contributed by atoms with Crippen molar-refractivity contribution in [1.29, 1.82) is 0 Å². The smallest absolute Gasteiger partial charge is 0.245 e. The first-order valence-corrected chi connectivity index (χ1v) is 14.5. The summed E-state index contributed by atoms with van der Waals surface area (Å²) in [6.45, 7) is 6.83. The minimum Gasteiger partial charge on any atom is -0.495 e. The molecule has 11 heteroatoms. The largest absolute Gasteiger partial charge is 0.495 e. The van der Waals surface area contributed by atoms with E-state index < -0.39 is 5.82 Å². The summed E-state index contributed by atoms with van der Waals surface area (Å²) in [5, 5.41) is 7.38. The molecule has 10 nitrogen and oxygen atoms in total. The number of benzene rings is 2. The van der Waals surface area contributed by atoms with Crippen molar-refractivity contribution in [3.8, 4) is 17.2 Å². The number of aromatic nitrogens is 3. The number of hydrogen-bond acceptors (Lipinski definition) is 9. The molecule has 6 rings (SSSR count). The van der Waals surface area contributed by atoms with Crippen LogP contribution >= 0.6 is 0 Å². The number of likely N-dealkylation sites (tertiary alicyclic amines) is 1. The molecule has 2 fully saturated rings. The van der Waals surface area contributed by atoms with Crippen molar-refractivity contribution in [3.63, 3.8) is 0 Å². The molecule has 0 aliphatic carbocycles. The molecular weight excluding hydrogens is 549 g/mol. The molecule has 0 radical (unpaired) electrons. The fourth-order valence-electron chi connectivity index (χ4n) is 5.57. The summed E-state index contributed by atoms with van der Waals surface area (Å²) in [4.78, 5) is 29.2. The number of amides is 1. The van der Waals surface area contributed by atoms with E-state index in [4.69, 9.17) is 9.47 Å². The molecule has 43 heavy (non-hydrogen) atoms. The van der Waals surface area contributed by atoms with Gasteiger partial charge in [0.2, 0.25) is 5.91 Å². The second-order valence-corrected chi connectivity index (χ2v) is 10.7. The van der Waals surface area contributed by atoms with E-state index in [1.165, 1.54) is 18.5 Å². The Hall–Kier alpha value is -4.93. The van der Waals surface area contributed by atoms with Gasteiger partial charge in [0.15, 0.2) is 0 Å². The Kier molecular flexibility index (Phi) is 8.21. The second kappa shape index (κ2) is 12.5. The lowest BCUT2D eigenvalue weighted by Crippen LogP contribution is -2.41. The van der Waals surface area contributed by atoms with Crippen LogP contribution in [0.3, 0.4) is 0 Å². The van der Waals surface area contributed by atoms with Gasteiger partial charge >= 0.3 is 0 Å². The summed E-state index contributed by atoms with van der Waals surface area (Å²) >= 11 is 0. The number of pyridine rings is 1. The molecule has 0 spiro atoms. The first-order chi connectivity index (χ1) is 21.0. The van der Waals surface area contributed by atoms with Crippen LogP contribution < -0.4 is 25.0 Å². The molecule has 0 saturated carbocycles. The summed E-state index contributed by atoms with van der Waals surface area (Å²) in [6, 6.07) is 12.2. The number of halogens is 1. The molecule has 2 aliphatic heterocycles. The third-order valence-corrected chi connectivity index (χ3v) is 7.87. The van der Waals surface area contributed by atoms with Gasteiger partial charge in [-0.05, 0) is 56.0 Å². The zero-order chi connectivity index (χ0) is 29.8. The number of nitrogens with zero attached hydrogens (tertiary/aromatic N) is 5. The van der Waals surface area contributed by atoms with Crippen LogP contribution in [0, 0.1) is 5.82 Å². The number of ether oxygens (including phenoxy) is 2. The summed E-state index contributed by atoms with van der Waals surface area (Å²) in [7, 11) is 1.61. The van der Waals surface area contributed by atoms with E-state index in [-0.39, 0.29) is 17.6 Å². The van der Waals surface area contributed by atoms with Gasteiger partial charge in [0, 0.05) is 62.0 Å². The zero-order valence-corrected chi connectivity index (χ0v) is 24.1. The summed E-state index contributed by atoms with van der Waals surface area (Å²) in [5.41, 5.74) is 1.68. The van der Waals surface area contributed by atoms with Crippen molar-refractivity contribution in [2.45, 2.75) is 31.7 Å². The summed E-state index contributed by atoms with van der Waals surface area (Å²) in [5.74, 6) is 2.41. The predicted molar refractivity (Wildman–Crippen MR) is 165 cm³/mol. The summed E-state index contributed by atoms with van der Waals surface area (Å²) < 4.78 is 26.9. The highest BCUT2D eigenvalue weighted by Gasteiger charge is 2.23. The summed E-state index contributed by atoms with van der Waals surface area (Å²) in [6.07, 6.45) is 8.37. The van der Waals surface area contributed by atoms with Crippen LogP contribution in [0.2, 0.25) is 0 Å². The Labute approximate surface area is 249 Å². The topological polar surface area (TPSA) is 105 Å². The van der Waals surface area contributed by atoms with Crippen LogP contribution in [0.4, 0.5) is 27.4 Å². The third kappa shape index (κ3) is 6.30. The van der Waals surface area contributed by atoms with E-state index in [2.05, 4.69) is 37.1 Å². The Morgan fingerprint density at radius 1 is 1.00 bits per heavy atom. The molecule has 1 amide bonds. The number of nitrogens with one attached hydrogen (secondary N) is 2. The molecule has 2 N–H and O–H groups in total. The van der Waals surface area contributed by atoms with Gasteiger partial charge in [-0.3, -0.25) is 4.79 Å². The van der Waals surface area contributed by atoms with Gasteiger partial charge in [-0.2, -0.15) is 0 Å². The monoisotopic (exact) mass is 583 g/mol. The Bertz CT molecular complexity index is 1640. The lowest BCUT2D eigenvalue weighted by atomic mass is 10.0. The van der Waals surface area contributed by atoms with Crippen molar-refractivity contribution in [1.82, 2.24) is 19.9 Å². The SMILES string of the molecule is C=CC(=O)N1CCC(Nc2cc3c(Nc4ccc(Oc5ccnc(N6CCCC6)c5)cc4F)ncnc3cc2OC)CC1.